The smallest absolute Gasteiger partial charge is 0.310 e. The van der Waals surface area contributed by atoms with Crippen molar-refractivity contribution in [1.29, 1.82) is 0 Å². The van der Waals surface area contributed by atoms with Crippen molar-refractivity contribution >= 4 is 0 Å². The van der Waals surface area contributed by atoms with Gasteiger partial charge in [-0.25, -0.2) is 4.98 Å². The van der Waals surface area contributed by atoms with E-state index in [9.17, 15) is 8.78 Å². The van der Waals surface area contributed by atoms with Gasteiger partial charge in [-0.1, -0.05) is 0 Å². The van der Waals surface area contributed by atoms with E-state index in [1.807, 2.05) is 19.3 Å². The van der Waals surface area contributed by atoms with Crippen LogP contribution in [0.15, 0.2) is 24.7 Å². The number of aromatic nitrogens is 4. The Morgan fingerprint density at radius 2 is 2.22 bits per heavy atom. The number of hydrogen-bond donors (Lipinski definition) is 1. The molecular formula is C11H15F2N5. The Kier molecular flexibility index (Phi) is 4.03. The van der Waals surface area contributed by atoms with Gasteiger partial charge >= 0.3 is 6.55 Å². The quantitative estimate of drug-likeness (QED) is 0.792. The lowest BCUT2D eigenvalue weighted by Crippen LogP contribution is -2.20. The van der Waals surface area contributed by atoms with Crippen LogP contribution in [0.4, 0.5) is 8.78 Å². The number of imidazole rings is 1. The molecule has 0 aliphatic heterocycles. The van der Waals surface area contributed by atoms with Gasteiger partial charge < -0.3 is 5.32 Å². The van der Waals surface area contributed by atoms with Crippen LogP contribution in [-0.2, 0) is 20.0 Å². The van der Waals surface area contributed by atoms with Crippen LogP contribution in [0.3, 0.4) is 0 Å². The Morgan fingerprint density at radius 3 is 2.89 bits per heavy atom. The molecular weight excluding hydrogens is 240 g/mol. The Bertz CT molecular complexity index is 491. The molecule has 0 aliphatic rings. The maximum absolute atomic E-state index is 12.5. The van der Waals surface area contributed by atoms with Crippen molar-refractivity contribution < 1.29 is 8.78 Å². The van der Waals surface area contributed by atoms with E-state index in [1.165, 1.54) is 12.4 Å². The summed E-state index contributed by atoms with van der Waals surface area (Å²) in [6, 6.07) is 1.93. The van der Waals surface area contributed by atoms with Gasteiger partial charge in [0.2, 0.25) is 0 Å². The maximum atomic E-state index is 12.5. The zero-order valence-electron chi connectivity index (χ0n) is 10.1. The molecule has 0 fully saturated rings. The Balaban J connectivity index is 1.77. The number of rotatable bonds is 6. The summed E-state index contributed by atoms with van der Waals surface area (Å²) in [5.74, 6) is 0.339. The Hall–Kier alpha value is -1.76. The van der Waals surface area contributed by atoms with Crippen molar-refractivity contribution in [2.75, 3.05) is 6.54 Å². The van der Waals surface area contributed by atoms with Crippen LogP contribution in [0.5, 0.6) is 0 Å². The first-order valence-corrected chi connectivity index (χ1v) is 5.66. The molecule has 0 bridgehead atoms. The molecule has 0 atom stereocenters. The van der Waals surface area contributed by atoms with Crippen LogP contribution < -0.4 is 5.32 Å². The van der Waals surface area contributed by atoms with Crippen LogP contribution in [0, 0.1) is 0 Å². The lowest BCUT2D eigenvalue weighted by atomic mass is 10.3. The molecule has 2 heterocycles. The summed E-state index contributed by atoms with van der Waals surface area (Å²) in [5, 5.41) is 7.30. The summed E-state index contributed by atoms with van der Waals surface area (Å²) in [7, 11) is 1.86. The number of halogens is 2. The number of nitrogens with zero attached hydrogens (tertiary/aromatic N) is 4. The van der Waals surface area contributed by atoms with E-state index < -0.39 is 6.55 Å². The van der Waals surface area contributed by atoms with Crippen molar-refractivity contribution in [2.24, 2.45) is 7.05 Å². The first-order chi connectivity index (χ1) is 8.66. The highest BCUT2D eigenvalue weighted by atomic mass is 19.3. The second-order valence-corrected chi connectivity index (χ2v) is 3.94. The summed E-state index contributed by atoms with van der Waals surface area (Å²) in [4.78, 5) is 3.89. The molecule has 2 rings (SSSR count). The molecule has 2 aromatic rings. The first kappa shape index (κ1) is 12.7. The lowest BCUT2D eigenvalue weighted by molar-refractivity contribution is 0.0666. The fourth-order valence-corrected chi connectivity index (χ4v) is 1.67. The number of hydrogen-bond acceptors (Lipinski definition) is 3. The third kappa shape index (κ3) is 3.13. The molecule has 0 saturated carbocycles. The van der Waals surface area contributed by atoms with Crippen LogP contribution in [-0.4, -0.2) is 25.9 Å². The van der Waals surface area contributed by atoms with Crippen LogP contribution in [0.1, 0.15) is 18.1 Å². The number of aryl methyl sites for hydroxylation is 1. The fourth-order valence-electron chi connectivity index (χ4n) is 1.67. The topological polar surface area (TPSA) is 47.7 Å². The summed E-state index contributed by atoms with van der Waals surface area (Å²) >= 11 is 0. The second kappa shape index (κ2) is 5.72. The lowest BCUT2D eigenvalue weighted by Gasteiger charge is -2.07. The predicted octanol–water partition coefficient (Wildman–Crippen LogP) is 1.34. The molecule has 0 saturated heterocycles. The largest absolute Gasteiger partial charge is 0.319 e. The SMILES string of the molecule is Cn1ccc(CCNCc2nccn2C(F)F)n1. The molecule has 5 nitrogen and oxygen atoms in total. The van der Waals surface area contributed by atoms with Gasteiger partial charge in [0.25, 0.3) is 0 Å². The summed E-state index contributed by atoms with van der Waals surface area (Å²) < 4.78 is 27.6. The molecule has 0 unspecified atom stereocenters. The highest BCUT2D eigenvalue weighted by Crippen LogP contribution is 2.11. The van der Waals surface area contributed by atoms with E-state index in [0.717, 1.165) is 16.7 Å². The third-order valence-electron chi connectivity index (χ3n) is 2.57. The van der Waals surface area contributed by atoms with Gasteiger partial charge in [0.05, 0.1) is 12.2 Å². The van der Waals surface area contributed by atoms with E-state index in [4.69, 9.17) is 0 Å². The van der Waals surface area contributed by atoms with Gasteiger partial charge in [-0.3, -0.25) is 9.25 Å². The van der Waals surface area contributed by atoms with Crippen LogP contribution in [0.25, 0.3) is 0 Å². The van der Waals surface area contributed by atoms with Crippen molar-refractivity contribution in [3.05, 3.63) is 36.2 Å². The van der Waals surface area contributed by atoms with Gasteiger partial charge in [0.15, 0.2) is 0 Å². The Labute approximate surface area is 103 Å². The Morgan fingerprint density at radius 1 is 1.39 bits per heavy atom. The molecule has 0 aliphatic carbocycles. The van der Waals surface area contributed by atoms with E-state index >= 15 is 0 Å². The molecule has 7 heteroatoms. The molecule has 18 heavy (non-hydrogen) atoms. The highest BCUT2D eigenvalue weighted by molar-refractivity contribution is 4.99. The normalized spacial score (nSPS) is 11.3. The second-order valence-electron chi connectivity index (χ2n) is 3.94. The van der Waals surface area contributed by atoms with Crippen molar-refractivity contribution in [1.82, 2.24) is 24.6 Å². The molecule has 0 aromatic carbocycles. The van der Waals surface area contributed by atoms with Crippen molar-refractivity contribution in [2.45, 2.75) is 19.5 Å². The van der Waals surface area contributed by atoms with Gasteiger partial charge in [-0.05, 0) is 6.07 Å². The zero-order valence-corrected chi connectivity index (χ0v) is 10.1. The summed E-state index contributed by atoms with van der Waals surface area (Å²) in [5.41, 5.74) is 0.974. The monoisotopic (exact) mass is 255 g/mol. The standard InChI is InChI=1S/C11H15F2N5/c1-17-6-3-9(16-17)2-4-14-8-10-15-5-7-18(10)11(12)13/h3,5-7,11,14H,2,4,8H2,1H3. The minimum absolute atomic E-state index is 0.324. The highest BCUT2D eigenvalue weighted by Gasteiger charge is 2.10. The molecule has 0 radical (unpaired) electrons. The molecule has 98 valence electrons. The van der Waals surface area contributed by atoms with Crippen molar-refractivity contribution in [3.63, 3.8) is 0 Å². The van der Waals surface area contributed by atoms with Gasteiger partial charge in [0.1, 0.15) is 5.82 Å². The minimum atomic E-state index is -2.54. The van der Waals surface area contributed by atoms with Crippen LogP contribution >= 0.6 is 0 Å². The average molecular weight is 255 g/mol. The van der Waals surface area contributed by atoms with Crippen molar-refractivity contribution in [3.8, 4) is 0 Å². The van der Waals surface area contributed by atoms with Crippen LogP contribution in [0.2, 0.25) is 0 Å². The maximum Gasteiger partial charge on any atom is 0.319 e. The van der Waals surface area contributed by atoms with E-state index in [0.29, 0.717) is 18.9 Å². The number of alkyl halides is 2. The van der Waals surface area contributed by atoms with Gasteiger partial charge in [-0.2, -0.15) is 13.9 Å². The summed E-state index contributed by atoms with van der Waals surface area (Å²) in [6.45, 7) is -1.54. The molecule has 0 amide bonds. The average Bonchev–Trinajstić information content (AvgIpc) is 2.93. The molecule has 2 aromatic heterocycles. The van der Waals surface area contributed by atoms with E-state index in [-0.39, 0.29) is 0 Å². The number of nitrogens with one attached hydrogen (secondary N) is 1. The van der Waals surface area contributed by atoms with Gasteiger partial charge in [-0.15, -0.1) is 0 Å². The first-order valence-electron chi connectivity index (χ1n) is 5.66. The molecule has 1 N–H and O–H groups in total. The molecule has 0 spiro atoms. The van der Waals surface area contributed by atoms with E-state index in [2.05, 4.69) is 15.4 Å². The van der Waals surface area contributed by atoms with Gasteiger partial charge in [0, 0.05) is 38.6 Å². The fraction of sp³-hybridized carbons (Fsp3) is 0.455. The predicted molar refractivity (Wildman–Crippen MR) is 62.1 cm³/mol. The summed E-state index contributed by atoms with van der Waals surface area (Å²) in [6.07, 6.45) is 5.29. The minimum Gasteiger partial charge on any atom is -0.310 e. The zero-order chi connectivity index (χ0) is 13.0. The third-order valence-corrected chi connectivity index (χ3v) is 2.57. The van der Waals surface area contributed by atoms with E-state index in [1.54, 1.807) is 4.68 Å².